The van der Waals surface area contributed by atoms with E-state index in [2.05, 4.69) is 5.32 Å². The maximum absolute atomic E-state index is 12.7. The first-order valence-electron chi connectivity index (χ1n) is 6.34. The highest BCUT2D eigenvalue weighted by atomic mass is 19.1. The van der Waals surface area contributed by atoms with Crippen molar-refractivity contribution < 1.29 is 23.8 Å². The molecule has 0 saturated heterocycles. The number of benzene rings is 1. The molecule has 2 N–H and O–H groups in total. The number of hydrogen-bond acceptors (Lipinski definition) is 3. The van der Waals surface area contributed by atoms with E-state index in [0.717, 1.165) is 0 Å². The Morgan fingerprint density at radius 3 is 2.45 bits per heavy atom. The Hall–Kier alpha value is -2.11. The van der Waals surface area contributed by atoms with E-state index in [9.17, 15) is 14.0 Å². The minimum absolute atomic E-state index is 0.178. The standard InChI is InChI=1S/C14H18FNO4/c1-3-9(2)13(14(18)19)16-12(17)8-20-11-6-4-10(15)5-7-11/h4-7,9,13H,3,8H2,1-2H3,(H,16,17)(H,18,19)/t9?,13-/m0/s1. The summed E-state index contributed by atoms with van der Waals surface area (Å²) in [5, 5.41) is 11.5. The van der Waals surface area contributed by atoms with Gasteiger partial charge in [0.15, 0.2) is 6.61 Å². The fourth-order valence-electron chi connectivity index (χ4n) is 1.58. The summed E-state index contributed by atoms with van der Waals surface area (Å²) in [6.45, 7) is 3.29. The van der Waals surface area contributed by atoms with E-state index in [1.165, 1.54) is 24.3 Å². The Labute approximate surface area is 116 Å². The van der Waals surface area contributed by atoms with Crippen LogP contribution in [0.4, 0.5) is 4.39 Å². The van der Waals surface area contributed by atoms with Crippen molar-refractivity contribution in [3.63, 3.8) is 0 Å². The second-order valence-electron chi connectivity index (χ2n) is 4.51. The highest BCUT2D eigenvalue weighted by molar-refractivity contribution is 5.84. The summed E-state index contributed by atoms with van der Waals surface area (Å²) in [7, 11) is 0. The first kappa shape index (κ1) is 15.9. The van der Waals surface area contributed by atoms with Crippen LogP contribution in [-0.4, -0.2) is 29.6 Å². The third kappa shape index (κ3) is 4.87. The molecule has 0 saturated carbocycles. The van der Waals surface area contributed by atoms with Gasteiger partial charge in [-0.2, -0.15) is 0 Å². The van der Waals surface area contributed by atoms with Gasteiger partial charge in [0, 0.05) is 0 Å². The summed E-state index contributed by atoms with van der Waals surface area (Å²) in [4.78, 5) is 22.7. The molecule has 6 heteroatoms. The largest absolute Gasteiger partial charge is 0.484 e. The van der Waals surface area contributed by atoms with E-state index in [1.807, 2.05) is 6.92 Å². The number of nitrogens with one attached hydrogen (secondary N) is 1. The fraction of sp³-hybridized carbons (Fsp3) is 0.429. The Kier molecular flexibility index (Phi) is 5.96. The first-order chi connectivity index (χ1) is 9.43. The van der Waals surface area contributed by atoms with Crippen molar-refractivity contribution in [2.24, 2.45) is 5.92 Å². The van der Waals surface area contributed by atoms with Gasteiger partial charge in [0.25, 0.3) is 5.91 Å². The van der Waals surface area contributed by atoms with Crippen molar-refractivity contribution in [1.29, 1.82) is 0 Å². The molecule has 0 fully saturated rings. The molecule has 20 heavy (non-hydrogen) atoms. The molecule has 0 bridgehead atoms. The van der Waals surface area contributed by atoms with Crippen LogP contribution < -0.4 is 10.1 Å². The zero-order valence-electron chi connectivity index (χ0n) is 11.4. The maximum atomic E-state index is 12.7. The highest BCUT2D eigenvalue weighted by Crippen LogP contribution is 2.11. The Morgan fingerprint density at radius 2 is 1.95 bits per heavy atom. The Morgan fingerprint density at radius 1 is 1.35 bits per heavy atom. The first-order valence-corrected chi connectivity index (χ1v) is 6.34. The number of carbonyl (C=O) groups is 2. The average Bonchev–Trinajstić information content (AvgIpc) is 2.43. The molecule has 2 atom stereocenters. The van der Waals surface area contributed by atoms with Gasteiger partial charge in [-0.05, 0) is 30.2 Å². The SMILES string of the molecule is CCC(C)[C@H](NC(=O)COc1ccc(F)cc1)C(=O)O. The predicted molar refractivity (Wildman–Crippen MR) is 70.9 cm³/mol. The average molecular weight is 283 g/mol. The molecule has 0 aromatic heterocycles. The van der Waals surface area contributed by atoms with Crippen LogP contribution in [-0.2, 0) is 9.59 Å². The van der Waals surface area contributed by atoms with Gasteiger partial charge in [-0.15, -0.1) is 0 Å². The Bertz CT molecular complexity index is 461. The van der Waals surface area contributed by atoms with E-state index >= 15 is 0 Å². The number of carboxylic acid groups (broad SMARTS) is 1. The molecular formula is C14H18FNO4. The summed E-state index contributed by atoms with van der Waals surface area (Å²) in [6.07, 6.45) is 0.635. The lowest BCUT2D eigenvalue weighted by Crippen LogP contribution is -2.46. The molecule has 0 aliphatic rings. The van der Waals surface area contributed by atoms with Crippen molar-refractivity contribution in [3.05, 3.63) is 30.1 Å². The lowest BCUT2D eigenvalue weighted by Gasteiger charge is -2.20. The normalized spacial score (nSPS) is 13.3. The van der Waals surface area contributed by atoms with Gasteiger partial charge in [0.2, 0.25) is 0 Å². The van der Waals surface area contributed by atoms with Crippen LogP contribution in [0.2, 0.25) is 0 Å². The fourth-order valence-corrected chi connectivity index (χ4v) is 1.58. The highest BCUT2D eigenvalue weighted by Gasteiger charge is 2.25. The molecule has 0 heterocycles. The smallest absolute Gasteiger partial charge is 0.326 e. The lowest BCUT2D eigenvalue weighted by molar-refractivity contribution is -0.143. The molecule has 0 aliphatic carbocycles. The molecule has 1 aromatic rings. The molecule has 0 radical (unpaired) electrons. The number of ether oxygens (including phenoxy) is 1. The van der Waals surface area contributed by atoms with Gasteiger partial charge in [0.1, 0.15) is 17.6 Å². The minimum atomic E-state index is -1.07. The molecule has 1 amide bonds. The number of hydrogen-bond donors (Lipinski definition) is 2. The third-order valence-electron chi connectivity index (χ3n) is 2.98. The zero-order chi connectivity index (χ0) is 15.1. The number of halogens is 1. The monoisotopic (exact) mass is 283 g/mol. The summed E-state index contributed by atoms with van der Waals surface area (Å²) in [5.74, 6) is -1.83. The van der Waals surface area contributed by atoms with Gasteiger partial charge < -0.3 is 15.2 Å². The van der Waals surface area contributed by atoms with Crippen LogP contribution in [0.1, 0.15) is 20.3 Å². The van der Waals surface area contributed by atoms with E-state index < -0.39 is 23.7 Å². The molecule has 1 aromatic carbocycles. The quantitative estimate of drug-likeness (QED) is 0.800. The minimum Gasteiger partial charge on any atom is -0.484 e. The number of aliphatic carboxylic acids is 1. The maximum Gasteiger partial charge on any atom is 0.326 e. The van der Waals surface area contributed by atoms with Crippen LogP contribution in [0.15, 0.2) is 24.3 Å². The van der Waals surface area contributed by atoms with Gasteiger partial charge in [-0.25, -0.2) is 9.18 Å². The molecule has 1 unspecified atom stereocenters. The van der Waals surface area contributed by atoms with E-state index in [-0.39, 0.29) is 12.5 Å². The third-order valence-corrected chi connectivity index (χ3v) is 2.98. The van der Waals surface area contributed by atoms with Crippen LogP contribution in [0.3, 0.4) is 0 Å². The van der Waals surface area contributed by atoms with Crippen molar-refractivity contribution in [1.82, 2.24) is 5.32 Å². The molecule has 0 spiro atoms. The van der Waals surface area contributed by atoms with Crippen LogP contribution >= 0.6 is 0 Å². The number of carboxylic acids is 1. The summed E-state index contributed by atoms with van der Waals surface area (Å²) in [6, 6.07) is 4.28. The van der Waals surface area contributed by atoms with E-state index in [1.54, 1.807) is 6.92 Å². The van der Waals surface area contributed by atoms with Gasteiger partial charge in [0.05, 0.1) is 0 Å². The van der Waals surface area contributed by atoms with E-state index in [0.29, 0.717) is 12.2 Å². The second kappa shape index (κ2) is 7.47. The van der Waals surface area contributed by atoms with Crippen LogP contribution in [0.25, 0.3) is 0 Å². The molecule has 5 nitrogen and oxygen atoms in total. The zero-order valence-corrected chi connectivity index (χ0v) is 11.4. The summed E-state index contributed by atoms with van der Waals surface area (Å²) >= 11 is 0. The van der Waals surface area contributed by atoms with Crippen LogP contribution in [0, 0.1) is 11.7 Å². The van der Waals surface area contributed by atoms with Gasteiger partial charge in [-0.1, -0.05) is 20.3 Å². The van der Waals surface area contributed by atoms with Crippen molar-refractivity contribution >= 4 is 11.9 Å². The summed E-state index contributed by atoms with van der Waals surface area (Å²) < 4.78 is 17.8. The molecule has 110 valence electrons. The Balaban J connectivity index is 2.49. The van der Waals surface area contributed by atoms with Gasteiger partial charge >= 0.3 is 5.97 Å². The number of amides is 1. The van der Waals surface area contributed by atoms with Crippen molar-refractivity contribution in [2.45, 2.75) is 26.3 Å². The summed E-state index contributed by atoms with van der Waals surface area (Å²) in [5.41, 5.74) is 0. The molecular weight excluding hydrogens is 265 g/mol. The molecule has 1 rings (SSSR count). The van der Waals surface area contributed by atoms with Crippen molar-refractivity contribution in [2.75, 3.05) is 6.61 Å². The van der Waals surface area contributed by atoms with Crippen LogP contribution in [0.5, 0.6) is 5.75 Å². The number of rotatable bonds is 7. The topological polar surface area (TPSA) is 75.6 Å². The predicted octanol–water partition coefficient (Wildman–Crippen LogP) is 1.82. The molecule has 0 aliphatic heterocycles. The van der Waals surface area contributed by atoms with Gasteiger partial charge in [-0.3, -0.25) is 4.79 Å². The number of carbonyl (C=O) groups excluding carboxylic acids is 1. The van der Waals surface area contributed by atoms with Crippen molar-refractivity contribution in [3.8, 4) is 5.75 Å². The lowest BCUT2D eigenvalue weighted by atomic mass is 9.99. The second-order valence-corrected chi connectivity index (χ2v) is 4.51. The van der Waals surface area contributed by atoms with E-state index in [4.69, 9.17) is 9.84 Å².